The Morgan fingerprint density at radius 2 is 2.00 bits per heavy atom. The lowest BCUT2D eigenvalue weighted by atomic mass is 9.98. The number of nitrogens with one attached hydrogen (secondary N) is 1. The van der Waals surface area contributed by atoms with Gasteiger partial charge in [0.15, 0.2) is 5.82 Å². The SMILES string of the molecule is CCCCC(CC)c1nc(C(C)(C)N2CCNCC2)no1. The summed E-state index contributed by atoms with van der Waals surface area (Å²) >= 11 is 0. The Hall–Kier alpha value is -0.940. The van der Waals surface area contributed by atoms with Crippen LogP contribution in [0.5, 0.6) is 0 Å². The third kappa shape index (κ3) is 3.83. The molecular formula is C16H30N4O. The quantitative estimate of drug-likeness (QED) is 0.838. The molecule has 1 aliphatic rings. The summed E-state index contributed by atoms with van der Waals surface area (Å²) in [6.45, 7) is 12.9. The predicted molar refractivity (Wildman–Crippen MR) is 84.3 cm³/mol. The molecule has 1 N–H and O–H groups in total. The second-order valence-electron chi connectivity index (χ2n) is 6.50. The lowest BCUT2D eigenvalue weighted by Gasteiger charge is -2.38. The number of piperazine rings is 1. The lowest BCUT2D eigenvalue weighted by Crippen LogP contribution is -2.52. The predicted octanol–water partition coefficient (Wildman–Crippen LogP) is 2.89. The van der Waals surface area contributed by atoms with Crippen LogP contribution in [-0.2, 0) is 5.54 Å². The summed E-state index contributed by atoms with van der Waals surface area (Å²) in [6.07, 6.45) is 4.64. The molecule has 0 saturated carbocycles. The van der Waals surface area contributed by atoms with Crippen LogP contribution >= 0.6 is 0 Å². The molecule has 2 heterocycles. The molecule has 0 spiro atoms. The zero-order valence-corrected chi connectivity index (χ0v) is 14.0. The first-order valence-electron chi connectivity index (χ1n) is 8.39. The first kappa shape index (κ1) is 16.4. The van der Waals surface area contributed by atoms with Gasteiger partial charge in [-0.2, -0.15) is 4.98 Å². The molecular weight excluding hydrogens is 264 g/mol. The molecule has 2 rings (SSSR count). The van der Waals surface area contributed by atoms with E-state index in [9.17, 15) is 0 Å². The Labute approximate surface area is 128 Å². The average molecular weight is 294 g/mol. The molecule has 0 amide bonds. The van der Waals surface area contributed by atoms with E-state index < -0.39 is 0 Å². The molecule has 1 saturated heterocycles. The van der Waals surface area contributed by atoms with Crippen LogP contribution < -0.4 is 5.32 Å². The normalized spacial score (nSPS) is 18.9. The molecule has 0 aliphatic carbocycles. The van der Waals surface area contributed by atoms with Crippen molar-refractivity contribution in [2.75, 3.05) is 26.2 Å². The van der Waals surface area contributed by atoms with E-state index >= 15 is 0 Å². The van der Waals surface area contributed by atoms with E-state index in [1.807, 2.05) is 0 Å². The molecule has 21 heavy (non-hydrogen) atoms. The molecule has 5 nitrogen and oxygen atoms in total. The topological polar surface area (TPSA) is 54.2 Å². The highest BCUT2D eigenvalue weighted by Crippen LogP contribution is 2.29. The molecule has 5 heteroatoms. The van der Waals surface area contributed by atoms with Crippen molar-refractivity contribution in [1.82, 2.24) is 20.4 Å². The van der Waals surface area contributed by atoms with E-state index in [0.717, 1.165) is 50.7 Å². The van der Waals surface area contributed by atoms with Crippen LogP contribution in [0.2, 0.25) is 0 Å². The summed E-state index contributed by atoms with van der Waals surface area (Å²) < 4.78 is 5.59. The highest BCUT2D eigenvalue weighted by atomic mass is 16.5. The third-order valence-corrected chi connectivity index (χ3v) is 4.64. The number of aromatic nitrogens is 2. The van der Waals surface area contributed by atoms with Crippen molar-refractivity contribution in [3.63, 3.8) is 0 Å². The fourth-order valence-corrected chi connectivity index (χ4v) is 2.97. The van der Waals surface area contributed by atoms with Crippen molar-refractivity contribution >= 4 is 0 Å². The Kier molecular flexibility index (Phi) is 5.76. The average Bonchev–Trinajstić information content (AvgIpc) is 2.99. The number of hydrogen-bond acceptors (Lipinski definition) is 5. The van der Waals surface area contributed by atoms with Gasteiger partial charge >= 0.3 is 0 Å². The summed E-state index contributed by atoms with van der Waals surface area (Å²) in [5.41, 5.74) is -0.160. The van der Waals surface area contributed by atoms with Gasteiger partial charge in [-0.05, 0) is 26.7 Å². The number of rotatable bonds is 7. The first-order chi connectivity index (χ1) is 10.1. The Bertz CT molecular complexity index is 424. The van der Waals surface area contributed by atoms with Crippen LogP contribution in [0.3, 0.4) is 0 Å². The van der Waals surface area contributed by atoms with E-state index in [1.54, 1.807) is 0 Å². The monoisotopic (exact) mass is 294 g/mol. The zero-order chi connectivity index (χ0) is 15.3. The van der Waals surface area contributed by atoms with Gasteiger partial charge in [0.2, 0.25) is 5.89 Å². The molecule has 0 aromatic carbocycles. The lowest BCUT2D eigenvalue weighted by molar-refractivity contribution is 0.0924. The molecule has 0 bridgehead atoms. The van der Waals surface area contributed by atoms with Gasteiger partial charge in [-0.3, -0.25) is 4.90 Å². The Morgan fingerprint density at radius 1 is 1.29 bits per heavy atom. The van der Waals surface area contributed by atoms with Gasteiger partial charge in [-0.15, -0.1) is 0 Å². The van der Waals surface area contributed by atoms with Gasteiger partial charge < -0.3 is 9.84 Å². The summed E-state index contributed by atoms with van der Waals surface area (Å²) in [6, 6.07) is 0. The minimum Gasteiger partial charge on any atom is -0.339 e. The van der Waals surface area contributed by atoms with Crippen molar-refractivity contribution in [2.24, 2.45) is 0 Å². The largest absolute Gasteiger partial charge is 0.339 e. The third-order valence-electron chi connectivity index (χ3n) is 4.64. The molecule has 1 unspecified atom stereocenters. The van der Waals surface area contributed by atoms with Crippen LogP contribution in [0, 0.1) is 0 Å². The summed E-state index contributed by atoms with van der Waals surface area (Å²) in [7, 11) is 0. The standard InChI is InChI=1S/C16H30N4O/c1-5-7-8-13(6-2)14-18-15(19-21-14)16(3,4)20-11-9-17-10-12-20/h13,17H,5-12H2,1-4H3. The Morgan fingerprint density at radius 3 is 2.62 bits per heavy atom. The van der Waals surface area contributed by atoms with Crippen LogP contribution in [0.4, 0.5) is 0 Å². The minimum absolute atomic E-state index is 0.160. The van der Waals surface area contributed by atoms with Gasteiger partial charge in [0, 0.05) is 32.1 Å². The fraction of sp³-hybridized carbons (Fsp3) is 0.875. The minimum atomic E-state index is -0.160. The second kappa shape index (κ2) is 7.36. The summed E-state index contributed by atoms with van der Waals surface area (Å²) in [4.78, 5) is 7.18. The van der Waals surface area contributed by atoms with E-state index in [0.29, 0.717) is 5.92 Å². The molecule has 1 aromatic rings. The molecule has 1 aromatic heterocycles. The van der Waals surface area contributed by atoms with Crippen LogP contribution in [-0.4, -0.2) is 41.2 Å². The maximum Gasteiger partial charge on any atom is 0.229 e. The van der Waals surface area contributed by atoms with Crippen molar-refractivity contribution in [2.45, 2.75) is 64.8 Å². The van der Waals surface area contributed by atoms with Gasteiger partial charge in [0.05, 0.1) is 5.54 Å². The van der Waals surface area contributed by atoms with Crippen molar-refractivity contribution in [3.8, 4) is 0 Å². The van der Waals surface area contributed by atoms with Gasteiger partial charge in [-0.1, -0.05) is 31.8 Å². The maximum atomic E-state index is 5.59. The number of nitrogens with zero attached hydrogens (tertiary/aromatic N) is 3. The van der Waals surface area contributed by atoms with Crippen molar-refractivity contribution in [3.05, 3.63) is 11.7 Å². The maximum absolute atomic E-state index is 5.59. The smallest absolute Gasteiger partial charge is 0.229 e. The molecule has 1 fully saturated rings. The Balaban J connectivity index is 2.09. The van der Waals surface area contributed by atoms with Gasteiger partial charge in [0.25, 0.3) is 0 Å². The van der Waals surface area contributed by atoms with E-state index in [4.69, 9.17) is 9.51 Å². The second-order valence-corrected chi connectivity index (χ2v) is 6.50. The zero-order valence-electron chi connectivity index (χ0n) is 14.0. The van der Waals surface area contributed by atoms with Gasteiger partial charge in [0.1, 0.15) is 0 Å². The number of hydrogen-bond donors (Lipinski definition) is 1. The van der Waals surface area contributed by atoms with E-state index in [1.165, 1.54) is 12.8 Å². The summed E-state index contributed by atoms with van der Waals surface area (Å²) in [5, 5.41) is 7.68. The molecule has 1 atom stereocenters. The number of unbranched alkanes of at least 4 members (excludes halogenated alkanes) is 1. The van der Waals surface area contributed by atoms with Crippen molar-refractivity contribution in [1.29, 1.82) is 0 Å². The molecule has 1 aliphatic heterocycles. The van der Waals surface area contributed by atoms with E-state index in [2.05, 4.69) is 43.1 Å². The van der Waals surface area contributed by atoms with Crippen LogP contribution in [0.15, 0.2) is 4.52 Å². The van der Waals surface area contributed by atoms with Crippen LogP contribution in [0.25, 0.3) is 0 Å². The highest BCUT2D eigenvalue weighted by molar-refractivity contribution is 5.05. The van der Waals surface area contributed by atoms with Gasteiger partial charge in [-0.25, -0.2) is 0 Å². The van der Waals surface area contributed by atoms with Crippen molar-refractivity contribution < 1.29 is 4.52 Å². The molecule has 0 radical (unpaired) electrons. The summed E-state index contributed by atoms with van der Waals surface area (Å²) in [5.74, 6) is 2.06. The van der Waals surface area contributed by atoms with E-state index in [-0.39, 0.29) is 5.54 Å². The van der Waals surface area contributed by atoms with Crippen LogP contribution in [0.1, 0.15) is 71.0 Å². The highest BCUT2D eigenvalue weighted by Gasteiger charge is 2.34. The molecule has 120 valence electrons. The fourth-order valence-electron chi connectivity index (χ4n) is 2.97. The first-order valence-corrected chi connectivity index (χ1v) is 8.39.